The molecule has 2 unspecified atom stereocenters. The van der Waals surface area contributed by atoms with Gasteiger partial charge in [0.15, 0.2) is 0 Å². The highest BCUT2D eigenvalue weighted by atomic mass is 35.5. The number of hydrogen-bond acceptors (Lipinski definition) is 4. The third kappa shape index (κ3) is 3.06. The van der Waals surface area contributed by atoms with Crippen molar-refractivity contribution < 1.29 is 0 Å². The molecule has 1 aromatic rings. The summed E-state index contributed by atoms with van der Waals surface area (Å²) in [6, 6.07) is 5.01. The van der Waals surface area contributed by atoms with Gasteiger partial charge >= 0.3 is 0 Å². The summed E-state index contributed by atoms with van der Waals surface area (Å²) in [6.07, 6.45) is 0. The summed E-state index contributed by atoms with van der Waals surface area (Å²) in [5, 5.41) is 0. The van der Waals surface area contributed by atoms with Crippen molar-refractivity contribution in [2.24, 2.45) is 5.73 Å². The molecule has 1 aliphatic rings. The van der Waals surface area contributed by atoms with Gasteiger partial charge in [-0.25, -0.2) is 0 Å². The van der Waals surface area contributed by atoms with Gasteiger partial charge in [-0.3, -0.25) is 9.80 Å². The minimum atomic E-state index is 0.323. The van der Waals surface area contributed by atoms with Gasteiger partial charge in [0.1, 0.15) is 0 Å². The summed E-state index contributed by atoms with van der Waals surface area (Å²) >= 11 is 7.68. The number of nitrogens with two attached hydrogens (primary N) is 1. The number of thiophene rings is 1. The highest BCUT2D eigenvalue weighted by Crippen LogP contribution is 2.31. The van der Waals surface area contributed by atoms with Gasteiger partial charge in [0.2, 0.25) is 0 Å². The van der Waals surface area contributed by atoms with E-state index in [1.165, 1.54) is 4.88 Å². The average Bonchev–Trinajstić information content (AvgIpc) is 2.77. The zero-order chi connectivity index (χ0) is 13.1. The highest BCUT2D eigenvalue weighted by Gasteiger charge is 2.28. The lowest BCUT2D eigenvalue weighted by atomic mass is 10.1. The molecular weight excluding hydrogens is 266 g/mol. The predicted molar refractivity (Wildman–Crippen MR) is 79.4 cm³/mol. The molecule has 1 fully saturated rings. The largest absolute Gasteiger partial charge is 0.329 e. The standard InChI is InChI=1S/C13H22ClN3S/c1-3-16-6-7-17(9-10(16)2)11(8-15)12-4-5-13(14)18-12/h4-5,10-11H,3,6-9,15H2,1-2H3. The van der Waals surface area contributed by atoms with Gasteiger partial charge < -0.3 is 5.73 Å². The Morgan fingerprint density at radius 2 is 2.28 bits per heavy atom. The van der Waals surface area contributed by atoms with Gasteiger partial charge in [-0.2, -0.15) is 0 Å². The molecular formula is C13H22ClN3S. The normalized spacial score (nSPS) is 24.3. The first kappa shape index (κ1) is 14.3. The van der Waals surface area contributed by atoms with Crippen LogP contribution in [0.5, 0.6) is 0 Å². The molecule has 3 nitrogen and oxygen atoms in total. The summed E-state index contributed by atoms with van der Waals surface area (Å²) in [5.74, 6) is 0. The molecule has 2 N–H and O–H groups in total. The molecule has 0 bridgehead atoms. The summed E-state index contributed by atoms with van der Waals surface area (Å²) in [6.45, 7) is 9.63. The molecule has 1 saturated heterocycles. The summed E-state index contributed by atoms with van der Waals surface area (Å²) in [5.41, 5.74) is 5.97. The molecule has 0 radical (unpaired) electrons. The van der Waals surface area contributed by atoms with E-state index in [1.807, 2.05) is 6.07 Å². The minimum Gasteiger partial charge on any atom is -0.329 e. The van der Waals surface area contributed by atoms with Crippen molar-refractivity contribution in [3.05, 3.63) is 21.3 Å². The summed E-state index contributed by atoms with van der Waals surface area (Å²) in [4.78, 5) is 6.31. The molecule has 0 aromatic carbocycles. The van der Waals surface area contributed by atoms with Crippen LogP contribution in [0.25, 0.3) is 0 Å². The topological polar surface area (TPSA) is 32.5 Å². The SMILES string of the molecule is CCN1CCN(C(CN)c2ccc(Cl)s2)CC1C. The Kier molecular flexibility index (Phi) is 5.04. The van der Waals surface area contributed by atoms with Crippen molar-refractivity contribution in [1.29, 1.82) is 0 Å². The molecule has 1 aliphatic heterocycles. The van der Waals surface area contributed by atoms with E-state index in [2.05, 4.69) is 29.7 Å². The second-order valence-corrected chi connectivity index (χ2v) is 6.61. The van der Waals surface area contributed by atoms with Crippen LogP contribution in [-0.4, -0.2) is 48.6 Å². The Balaban J connectivity index is 2.06. The zero-order valence-electron chi connectivity index (χ0n) is 11.1. The molecule has 5 heteroatoms. The van der Waals surface area contributed by atoms with Crippen LogP contribution in [0, 0.1) is 0 Å². The molecule has 0 amide bonds. The fourth-order valence-electron chi connectivity index (χ4n) is 2.73. The average molecular weight is 288 g/mol. The number of rotatable bonds is 4. The van der Waals surface area contributed by atoms with Crippen molar-refractivity contribution >= 4 is 22.9 Å². The quantitative estimate of drug-likeness (QED) is 0.923. The maximum atomic E-state index is 6.03. The van der Waals surface area contributed by atoms with E-state index in [9.17, 15) is 0 Å². The summed E-state index contributed by atoms with van der Waals surface area (Å²) < 4.78 is 0.851. The highest BCUT2D eigenvalue weighted by molar-refractivity contribution is 7.16. The number of piperazine rings is 1. The molecule has 1 aromatic heterocycles. The van der Waals surface area contributed by atoms with E-state index in [0.717, 1.165) is 30.5 Å². The number of halogens is 1. The third-order valence-corrected chi connectivity index (χ3v) is 5.12. The predicted octanol–water partition coefficient (Wildman–Crippen LogP) is 2.43. The third-order valence-electron chi connectivity index (χ3n) is 3.79. The number of likely N-dealkylation sites (N-methyl/N-ethyl adjacent to an activating group) is 1. The van der Waals surface area contributed by atoms with Gasteiger partial charge in [-0.15, -0.1) is 11.3 Å². The molecule has 102 valence electrons. The Hall–Kier alpha value is -0.130. The maximum Gasteiger partial charge on any atom is 0.0931 e. The molecule has 2 heterocycles. The lowest BCUT2D eigenvalue weighted by Gasteiger charge is -2.42. The fraction of sp³-hybridized carbons (Fsp3) is 0.692. The van der Waals surface area contributed by atoms with Crippen LogP contribution in [0.4, 0.5) is 0 Å². The molecule has 2 rings (SSSR count). The lowest BCUT2D eigenvalue weighted by Crippen LogP contribution is -2.53. The van der Waals surface area contributed by atoms with Gasteiger partial charge in [0.05, 0.1) is 10.4 Å². The number of nitrogens with zero attached hydrogens (tertiary/aromatic N) is 2. The first-order valence-electron chi connectivity index (χ1n) is 6.59. The van der Waals surface area contributed by atoms with Crippen molar-refractivity contribution in [3.8, 4) is 0 Å². The van der Waals surface area contributed by atoms with Crippen LogP contribution in [0.15, 0.2) is 12.1 Å². The monoisotopic (exact) mass is 287 g/mol. The minimum absolute atomic E-state index is 0.323. The van der Waals surface area contributed by atoms with Crippen molar-refractivity contribution in [2.45, 2.75) is 25.9 Å². The lowest BCUT2D eigenvalue weighted by molar-refractivity contribution is 0.0616. The zero-order valence-corrected chi connectivity index (χ0v) is 12.7. The Labute approximate surface area is 119 Å². The van der Waals surface area contributed by atoms with Crippen molar-refractivity contribution in [1.82, 2.24) is 9.80 Å². The maximum absolute atomic E-state index is 6.03. The molecule has 18 heavy (non-hydrogen) atoms. The molecule has 0 aliphatic carbocycles. The van der Waals surface area contributed by atoms with E-state index in [1.54, 1.807) is 11.3 Å². The first-order valence-corrected chi connectivity index (χ1v) is 7.78. The van der Waals surface area contributed by atoms with Crippen LogP contribution in [0.3, 0.4) is 0 Å². The van der Waals surface area contributed by atoms with Gasteiger partial charge in [0.25, 0.3) is 0 Å². The van der Waals surface area contributed by atoms with E-state index in [4.69, 9.17) is 17.3 Å². The van der Waals surface area contributed by atoms with Gasteiger partial charge in [-0.1, -0.05) is 18.5 Å². The van der Waals surface area contributed by atoms with Crippen LogP contribution >= 0.6 is 22.9 Å². The molecule has 0 spiro atoms. The van der Waals surface area contributed by atoms with Crippen LogP contribution < -0.4 is 5.73 Å². The Morgan fingerprint density at radius 1 is 1.50 bits per heavy atom. The summed E-state index contributed by atoms with van der Waals surface area (Å²) in [7, 11) is 0. The van der Waals surface area contributed by atoms with Crippen molar-refractivity contribution in [3.63, 3.8) is 0 Å². The molecule has 2 atom stereocenters. The van der Waals surface area contributed by atoms with E-state index >= 15 is 0 Å². The Bertz CT molecular complexity index is 382. The van der Waals surface area contributed by atoms with Crippen LogP contribution in [0.2, 0.25) is 4.34 Å². The second-order valence-electron chi connectivity index (χ2n) is 4.87. The van der Waals surface area contributed by atoms with Crippen LogP contribution in [0.1, 0.15) is 24.8 Å². The van der Waals surface area contributed by atoms with Gasteiger partial charge in [0, 0.05) is 37.1 Å². The van der Waals surface area contributed by atoms with E-state index in [0.29, 0.717) is 18.6 Å². The van der Waals surface area contributed by atoms with Gasteiger partial charge in [-0.05, 0) is 25.6 Å². The first-order chi connectivity index (χ1) is 8.65. The fourth-order valence-corrected chi connectivity index (χ4v) is 3.94. The van der Waals surface area contributed by atoms with Crippen molar-refractivity contribution in [2.75, 3.05) is 32.7 Å². The van der Waals surface area contributed by atoms with E-state index in [-0.39, 0.29) is 0 Å². The molecule has 0 saturated carbocycles. The Morgan fingerprint density at radius 3 is 2.78 bits per heavy atom. The second kappa shape index (κ2) is 6.35. The van der Waals surface area contributed by atoms with Crippen LogP contribution in [-0.2, 0) is 0 Å². The number of hydrogen-bond donors (Lipinski definition) is 1. The smallest absolute Gasteiger partial charge is 0.0931 e. The van der Waals surface area contributed by atoms with E-state index < -0.39 is 0 Å².